The van der Waals surface area contributed by atoms with Crippen LogP contribution in [0.5, 0.6) is 0 Å². The zero-order valence-corrected chi connectivity index (χ0v) is 12.4. The number of fused-ring (bicyclic) bond motifs is 1. The fourth-order valence-corrected chi connectivity index (χ4v) is 4.83. The van der Waals surface area contributed by atoms with E-state index >= 15 is 0 Å². The molecule has 0 radical (unpaired) electrons. The Bertz CT molecular complexity index is 523. The Balaban J connectivity index is 2.08. The Morgan fingerprint density at radius 2 is 1.71 bits per heavy atom. The number of carbonyl (C=O) groups is 3. The van der Waals surface area contributed by atoms with Crippen molar-refractivity contribution in [1.82, 2.24) is 0 Å². The number of ketones is 1. The van der Waals surface area contributed by atoms with Crippen molar-refractivity contribution in [3.63, 3.8) is 0 Å². The molecule has 3 aliphatic rings. The van der Waals surface area contributed by atoms with E-state index in [1.165, 1.54) is 28.4 Å². The summed E-state index contributed by atoms with van der Waals surface area (Å²) < 4.78 is 20.4. The number of hydrogen-bond acceptors (Lipinski definition) is 7. The van der Waals surface area contributed by atoms with Gasteiger partial charge < -0.3 is 18.9 Å². The fraction of sp³-hybridized carbons (Fsp3) is 0.786. The summed E-state index contributed by atoms with van der Waals surface area (Å²) in [5, 5.41) is 0. The van der Waals surface area contributed by atoms with Crippen molar-refractivity contribution >= 4 is 17.7 Å². The van der Waals surface area contributed by atoms with Crippen LogP contribution in [0.15, 0.2) is 0 Å². The summed E-state index contributed by atoms with van der Waals surface area (Å²) in [5.74, 6) is -4.62. The number of carbonyl (C=O) groups excluding carboxylic acids is 3. The highest BCUT2D eigenvalue weighted by Crippen LogP contribution is 2.81. The number of methoxy groups -OCH3 is 4. The van der Waals surface area contributed by atoms with E-state index in [0.29, 0.717) is 6.42 Å². The molecule has 0 aromatic heterocycles. The van der Waals surface area contributed by atoms with Gasteiger partial charge in [-0.15, -0.1) is 0 Å². The minimum absolute atomic E-state index is 0.278. The van der Waals surface area contributed by atoms with E-state index in [0.717, 1.165) is 0 Å². The third-order valence-electron chi connectivity index (χ3n) is 5.55. The van der Waals surface area contributed by atoms with Crippen LogP contribution in [0.4, 0.5) is 0 Å². The van der Waals surface area contributed by atoms with Crippen molar-refractivity contribution in [2.75, 3.05) is 28.4 Å². The zero-order valence-electron chi connectivity index (χ0n) is 12.4. The van der Waals surface area contributed by atoms with Crippen LogP contribution < -0.4 is 0 Å². The van der Waals surface area contributed by atoms with Crippen LogP contribution in [0.25, 0.3) is 0 Å². The summed E-state index contributed by atoms with van der Waals surface area (Å²) in [6.45, 7) is 0. The molecule has 0 aromatic carbocycles. The van der Waals surface area contributed by atoms with Gasteiger partial charge in [0.25, 0.3) is 0 Å². The first-order chi connectivity index (χ1) is 9.97. The van der Waals surface area contributed by atoms with E-state index in [4.69, 9.17) is 18.9 Å². The SMILES string of the molecule is COC(=O)[C@@H]1C[C@H]2C(OC)(OC)C(=O)[C@H]3[C@@H]1[C@]32C(=O)OC. The molecule has 3 rings (SSSR count). The topological polar surface area (TPSA) is 88.1 Å². The summed E-state index contributed by atoms with van der Waals surface area (Å²) in [4.78, 5) is 36.9. The van der Waals surface area contributed by atoms with Gasteiger partial charge in [-0.3, -0.25) is 14.4 Å². The van der Waals surface area contributed by atoms with Gasteiger partial charge in [-0.1, -0.05) is 0 Å². The van der Waals surface area contributed by atoms with Crippen LogP contribution >= 0.6 is 0 Å². The number of esters is 2. The normalized spacial score (nSPS) is 41.6. The third kappa shape index (κ3) is 1.29. The lowest BCUT2D eigenvalue weighted by atomic mass is 9.87. The molecule has 0 aliphatic heterocycles. The van der Waals surface area contributed by atoms with Crippen molar-refractivity contribution in [2.24, 2.45) is 29.1 Å². The fourth-order valence-electron chi connectivity index (χ4n) is 4.83. The standard InChI is InChI=1S/C14H18O7/c1-18-11(16)6-5-7-13(12(17)19-2)8(6)9(13)10(15)14(7,20-3)21-4/h6-9H,5H2,1-4H3/t6-,7-,8-,9-,13+/m1/s1. The maximum atomic E-state index is 12.7. The average Bonchev–Trinajstić information content (AvgIpc) is 3.03. The summed E-state index contributed by atoms with van der Waals surface area (Å²) in [5.41, 5.74) is -1.00. The first kappa shape index (κ1) is 14.5. The lowest BCUT2D eigenvalue weighted by Crippen LogP contribution is -2.48. The maximum Gasteiger partial charge on any atom is 0.313 e. The van der Waals surface area contributed by atoms with Crippen molar-refractivity contribution in [1.29, 1.82) is 0 Å². The maximum absolute atomic E-state index is 12.7. The molecule has 0 bridgehead atoms. The van der Waals surface area contributed by atoms with Gasteiger partial charge in [0, 0.05) is 32.0 Å². The Hall–Kier alpha value is -1.47. The smallest absolute Gasteiger partial charge is 0.313 e. The van der Waals surface area contributed by atoms with Crippen molar-refractivity contribution in [3.8, 4) is 0 Å². The van der Waals surface area contributed by atoms with Crippen molar-refractivity contribution in [3.05, 3.63) is 0 Å². The van der Waals surface area contributed by atoms with Crippen LogP contribution in [0.1, 0.15) is 6.42 Å². The monoisotopic (exact) mass is 298 g/mol. The highest BCUT2D eigenvalue weighted by molar-refractivity contribution is 6.06. The second kappa shape index (κ2) is 4.27. The lowest BCUT2D eigenvalue weighted by molar-refractivity contribution is -0.228. The van der Waals surface area contributed by atoms with Gasteiger partial charge in [-0.25, -0.2) is 0 Å². The first-order valence-electron chi connectivity index (χ1n) is 6.78. The largest absolute Gasteiger partial charge is 0.469 e. The van der Waals surface area contributed by atoms with Crippen LogP contribution in [-0.2, 0) is 33.3 Å². The summed E-state index contributed by atoms with van der Waals surface area (Å²) in [7, 11) is 5.32. The molecular formula is C14H18O7. The van der Waals surface area contributed by atoms with Crippen LogP contribution in [0.3, 0.4) is 0 Å². The Morgan fingerprint density at radius 3 is 2.19 bits per heavy atom. The van der Waals surface area contributed by atoms with Gasteiger partial charge in [-0.2, -0.15) is 0 Å². The molecule has 116 valence electrons. The third-order valence-corrected chi connectivity index (χ3v) is 5.55. The molecule has 0 heterocycles. The molecule has 0 spiro atoms. The Kier molecular flexibility index (Phi) is 2.94. The minimum Gasteiger partial charge on any atom is -0.469 e. The van der Waals surface area contributed by atoms with Crippen LogP contribution in [-0.4, -0.2) is 51.9 Å². The number of rotatable bonds is 4. The van der Waals surface area contributed by atoms with Crippen LogP contribution in [0, 0.1) is 29.1 Å². The average molecular weight is 298 g/mol. The lowest BCUT2D eigenvalue weighted by Gasteiger charge is -2.33. The van der Waals surface area contributed by atoms with Gasteiger partial charge >= 0.3 is 11.9 Å². The van der Waals surface area contributed by atoms with E-state index in [2.05, 4.69) is 0 Å². The van der Waals surface area contributed by atoms with Crippen LogP contribution in [0.2, 0.25) is 0 Å². The predicted octanol–water partition coefficient (Wildman–Crippen LogP) is -0.227. The highest BCUT2D eigenvalue weighted by atomic mass is 16.7. The van der Waals surface area contributed by atoms with Gasteiger partial charge in [-0.05, 0) is 6.42 Å². The van der Waals surface area contributed by atoms with E-state index in [1.807, 2.05) is 0 Å². The molecular weight excluding hydrogens is 280 g/mol. The minimum atomic E-state index is -1.47. The summed E-state index contributed by atoms with van der Waals surface area (Å²) in [6.07, 6.45) is 0.316. The molecule has 0 saturated heterocycles. The second-order valence-electron chi connectivity index (χ2n) is 5.79. The molecule has 3 fully saturated rings. The number of Topliss-reactive ketones (excluding diaryl/α,β-unsaturated/α-hetero) is 1. The molecule has 3 aliphatic carbocycles. The van der Waals surface area contributed by atoms with Crippen molar-refractivity contribution in [2.45, 2.75) is 12.2 Å². The van der Waals surface area contributed by atoms with Crippen molar-refractivity contribution < 1.29 is 33.3 Å². The molecule has 0 unspecified atom stereocenters. The molecule has 0 amide bonds. The Labute approximate surface area is 121 Å². The molecule has 0 N–H and O–H groups in total. The molecule has 7 nitrogen and oxygen atoms in total. The molecule has 3 saturated carbocycles. The number of hydrogen-bond donors (Lipinski definition) is 0. The number of ether oxygens (including phenoxy) is 4. The predicted molar refractivity (Wildman–Crippen MR) is 66.8 cm³/mol. The van der Waals surface area contributed by atoms with Gasteiger partial charge in [0.1, 0.15) is 0 Å². The zero-order chi connectivity index (χ0) is 15.6. The van der Waals surface area contributed by atoms with E-state index in [9.17, 15) is 14.4 Å². The summed E-state index contributed by atoms with van der Waals surface area (Å²) >= 11 is 0. The second-order valence-corrected chi connectivity index (χ2v) is 5.79. The molecule has 21 heavy (non-hydrogen) atoms. The highest BCUT2D eigenvalue weighted by Gasteiger charge is 2.92. The van der Waals surface area contributed by atoms with Gasteiger partial charge in [0.15, 0.2) is 5.78 Å². The molecule has 0 aromatic rings. The van der Waals surface area contributed by atoms with E-state index in [-0.39, 0.29) is 11.7 Å². The van der Waals surface area contributed by atoms with Gasteiger partial charge in [0.05, 0.1) is 25.6 Å². The first-order valence-corrected chi connectivity index (χ1v) is 6.78. The quantitative estimate of drug-likeness (QED) is 0.523. The van der Waals surface area contributed by atoms with Gasteiger partial charge in [0.2, 0.25) is 5.79 Å². The summed E-state index contributed by atoms with van der Waals surface area (Å²) in [6, 6.07) is 0. The van der Waals surface area contributed by atoms with E-state index < -0.39 is 40.9 Å². The van der Waals surface area contributed by atoms with E-state index in [1.54, 1.807) is 0 Å². The Morgan fingerprint density at radius 1 is 1.10 bits per heavy atom. The molecule has 5 atom stereocenters. The molecule has 7 heteroatoms.